The third-order valence-corrected chi connectivity index (χ3v) is 6.13. The lowest BCUT2D eigenvalue weighted by Crippen LogP contribution is -2.43. The van der Waals surface area contributed by atoms with Gasteiger partial charge < -0.3 is 15.1 Å². The molecule has 1 atom stereocenters. The fourth-order valence-electron chi connectivity index (χ4n) is 3.47. The Morgan fingerprint density at radius 1 is 1.26 bits per heavy atom. The maximum absolute atomic E-state index is 12.6. The summed E-state index contributed by atoms with van der Waals surface area (Å²) < 4.78 is 1.96. The van der Waals surface area contributed by atoms with Gasteiger partial charge in [0, 0.05) is 32.0 Å². The second-order valence-electron chi connectivity index (χ2n) is 6.91. The van der Waals surface area contributed by atoms with Crippen LogP contribution in [0.3, 0.4) is 0 Å². The van der Waals surface area contributed by atoms with E-state index < -0.39 is 0 Å². The minimum Gasteiger partial charge on any atom is -0.356 e. The number of aromatic nitrogens is 3. The van der Waals surface area contributed by atoms with Crippen LogP contribution in [-0.4, -0.2) is 64.8 Å². The van der Waals surface area contributed by atoms with Crippen LogP contribution in [0.15, 0.2) is 24.5 Å². The molecule has 1 N–H and O–H groups in total. The third-order valence-electron chi connectivity index (χ3n) is 5.14. The molecule has 2 aromatic rings. The van der Waals surface area contributed by atoms with E-state index in [4.69, 9.17) is 0 Å². The topological polar surface area (TPSA) is 66.3 Å². The van der Waals surface area contributed by atoms with E-state index in [1.54, 1.807) is 11.3 Å². The number of anilines is 1. The summed E-state index contributed by atoms with van der Waals surface area (Å²) in [6.07, 6.45) is 6.89. The quantitative estimate of drug-likeness (QED) is 0.666. The first kappa shape index (κ1) is 19.8. The molecule has 0 saturated carbocycles. The lowest BCUT2D eigenvalue weighted by atomic mass is 9.97. The van der Waals surface area contributed by atoms with Crippen molar-refractivity contribution >= 4 is 22.4 Å². The number of nitrogens with zero attached hydrogens (tertiary/aromatic N) is 5. The standard InChI is InChI=1S/C19H30N6OS/c1-3-23(4-2)11-8-10-20-17(26)16-9-7-14-25(15-16)19-22-21-18(27-19)24-12-5-6-13-24/h5-6,12-13,16H,3-4,7-11,14-15H2,1-2H3,(H,20,26)/t16-/m1/s1. The second-order valence-corrected chi connectivity index (χ2v) is 7.85. The van der Waals surface area contributed by atoms with Gasteiger partial charge in [0.05, 0.1) is 5.92 Å². The van der Waals surface area contributed by atoms with Crippen molar-refractivity contribution in [2.24, 2.45) is 5.92 Å². The van der Waals surface area contributed by atoms with Gasteiger partial charge in [0.25, 0.3) is 0 Å². The summed E-state index contributed by atoms with van der Waals surface area (Å²) >= 11 is 1.57. The van der Waals surface area contributed by atoms with Crippen LogP contribution in [0.4, 0.5) is 5.13 Å². The summed E-state index contributed by atoms with van der Waals surface area (Å²) in [7, 11) is 0. The van der Waals surface area contributed by atoms with Gasteiger partial charge >= 0.3 is 0 Å². The Kier molecular flexibility index (Phi) is 7.23. The number of nitrogens with one attached hydrogen (secondary N) is 1. The van der Waals surface area contributed by atoms with Crippen LogP contribution in [-0.2, 0) is 4.79 Å². The van der Waals surface area contributed by atoms with E-state index in [1.807, 2.05) is 29.1 Å². The van der Waals surface area contributed by atoms with E-state index in [2.05, 4.69) is 39.2 Å². The maximum atomic E-state index is 12.6. The highest BCUT2D eigenvalue weighted by Gasteiger charge is 2.27. The predicted octanol–water partition coefficient (Wildman–Crippen LogP) is 2.39. The Morgan fingerprint density at radius 2 is 2.00 bits per heavy atom. The van der Waals surface area contributed by atoms with Crippen LogP contribution in [0.5, 0.6) is 0 Å². The van der Waals surface area contributed by atoms with Crippen LogP contribution in [0.1, 0.15) is 33.1 Å². The summed E-state index contributed by atoms with van der Waals surface area (Å²) in [6, 6.07) is 3.95. The van der Waals surface area contributed by atoms with Gasteiger partial charge in [-0.25, -0.2) is 0 Å². The van der Waals surface area contributed by atoms with Crippen molar-refractivity contribution in [2.75, 3.05) is 44.2 Å². The molecule has 7 nitrogen and oxygen atoms in total. The molecule has 1 fully saturated rings. The third kappa shape index (κ3) is 5.29. The first-order valence-corrected chi connectivity index (χ1v) is 10.7. The van der Waals surface area contributed by atoms with Crippen LogP contribution in [0, 0.1) is 5.92 Å². The Balaban J connectivity index is 1.48. The molecule has 0 bridgehead atoms. The van der Waals surface area contributed by atoms with Crippen LogP contribution >= 0.6 is 11.3 Å². The number of hydrogen-bond acceptors (Lipinski definition) is 6. The average Bonchev–Trinajstić information content (AvgIpc) is 3.39. The Labute approximate surface area is 165 Å². The molecular formula is C19H30N6OS. The number of carbonyl (C=O) groups is 1. The summed E-state index contributed by atoms with van der Waals surface area (Å²) in [6.45, 7) is 9.93. The summed E-state index contributed by atoms with van der Waals surface area (Å²) in [5, 5.41) is 13.5. The monoisotopic (exact) mass is 390 g/mol. The minimum atomic E-state index is 0.0335. The molecule has 148 valence electrons. The van der Waals surface area contributed by atoms with Gasteiger partial charge in [-0.1, -0.05) is 25.2 Å². The highest BCUT2D eigenvalue weighted by atomic mass is 32.1. The largest absolute Gasteiger partial charge is 0.356 e. The number of amides is 1. The molecule has 0 aliphatic carbocycles. The van der Waals surface area contributed by atoms with Crippen molar-refractivity contribution in [3.05, 3.63) is 24.5 Å². The average molecular weight is 391 g/mol. The van der Waals surface area contributed by atoms with E-state index in [9.17, 15) is 4.79 Å². The van der Waals surface area contributed by atoms with Gasteiger partial charge in [-0.2, -0.15) is 0 Å². The highest BCUT2D eigenvalue weighted by molar-refractivity contribution is 7.17. The molecule has 0 aromatic carbocycles. The number of rotatable bonds is 9. The van der Waals surface area contributed by atoms with Crippen molar-refractivity contribution in [2.45, 2.75) is 33.1 Å². The summed E-state index contributed by atoms with van der Waals surface area (Å²) in [5.41, 5.74) is 0. The molecule has 1 aliphatic heterocycles. The molecule has 8 heteroatoms. The van der Waals surface area contributed by atoms with Gasteiger partial charge in [-0.05, 0) is 51.0 Å². The normalized spacial score (nSPS) is 17.4. The first-order valence-electron chi connectivity index (χ1n) is 9.93. The molecule has 1 aliphatic rings. The number of carbonyl (C=O) groups excluding carboxylic acids is 1. The van der Waals surface area contributed by atoms with E-state index in [1.165, 1.54) is 0 Å². The fourth-order valence-corrected chi connectivity index (χ4v) is 4.31. The number of piperidine rings is 1. The fraction of sp³-hybridized carbons (Fsp3) is 0.632. The number of hydrogen-bond donors (Lipinski definition) is 1. The van der Waals surface area contributed by atoms with Crippen molar-refractivity contribution in [3.8, 4) is 5.13 Å². The molecule has 0 spiro atoms. The molecule has 3 rings (SSSR count). The first-order chi connectivity index (χ1) is 13.2. The molecule has 27 heavy (non-hydrogen) atoms. The van der Waals surface area contributed by atoms with Gasteiger partial charge in [0.15, 0.2) is 0 Å². The zero-order valence-electron chi connectivity index (χ0n) is 16.3. The smallest absolute Gasteiger partial charge is 0.224 e. The lowest BCUT2D eigenvalue weighted by Gasteiger charge is -2.31. The van der Waals surface area contributed by atoms with Crippen molar-refractivity contribution in [1.29, 1.82) is 0 Å². The van der Waals surface area contributed by atoms with Crippen LogP contribution < -0.4 is 10.2 Å². The van der Waals surface area contributed by atoms with Gasteiger partial charge in [0.2, 0.25) is 16.2 Å². The molecule has 1 saturated heterocycles. The van der Waals surface area contributed by atoms with E-state index in [0.717, 1.165) is 68.8 Å². The highest BCUT2D eigenvalue weighted by Crippen LogP contribution is 2.27. The molecule has 1 amide bonds. The Morgan fingerprint density at radius 3 is 2.74 bits per heavy atom. The lowest BCUT2D eigenvalue weighted by molar-refractivity contribution is -0.125. The SMILES string of the molecule is CCN(CC)CCCNC(=O)[C@@H]1CCCN(c2nnc(-n3cccc3)s2)C1. The zero-order valence-corrected chi connectivity index (χ0v) is 17.1. The molecular weight excluding hydrogens is 360 g/mol. The molecule has 0 radical (unpaired) electrons. The van der Waals surface area contributed by atoms with Crippen molar-refractivity contribution in [1.82, 2.24) is 25.0 Å². The molecule has 0 unspecified atom stereocenters. The Hall–Kier alpha value is -1.93. The second kappa shape index (κ2) is 9.85. The molecule has 3 heterocycles. The van der Waals surface area contributed by atoms with Crippen molar-refractivity contribution in [3.63, 3.8) is 0 Å². The van der Waals surface area contributed by atoms with Gasteiger partial charge in [-0.15, -0.1) is 10.2 Å². The van der Waals surface area contributed by atoms with Gasteiger partial charge in [-0.3, -0.25) is 9.36 Å². The van der Waals surface area contributed by atoms with Crippen molar-refractivity contribution < 1.29 is 4.79 Å². The van der Waals surface area contributed by atoms with Crippen LogP contribution in [0.2, 0.25) is 0 Å². The Bertz CT molecular complexity index is 697. The van der Waals surface area contributed by atoms with Crippen LogP contribution in [0.25, 0.3) is 5.13 Å². The minimum absolute atomic E-state index is 0.0335. The zero-order chi connectivity index (χ0) is 19.1. The summed E-state index contributed by atoms with van der Waals surface area (Å²) in [4.78, 5) is 17.1. The van der Waals surface area contributed by atoms with E-state index >= 15 is 0 Å². The summed E-state index contributed by atoms with van der Waals surface area (Å²) in [5.74, 6) is 0.209. The maximum Gasteiger partial charge on any atom is 0.224 e. The predicted molar refractivity (Wildman–Crippen MR) is 110 cm³/mol. The van der Waals surface area contributed by atoms with E-state index in [-0.39, 0.29) is 11.8 Å². The van der Waals surface area contributed by atoms with Gasteiger partial charge in [0.1, 0.15) is 0 Å². The molecule has 2 aromatic heterocycles. The van der Waals surface area contributed by atoms with E-state index in [0.29, 0.717) is 0 Å².